The quantitative estimate of drug-likeness (QED) is 0.565. The van der Waals surface area contributed by atoms with Crippen LogP contribution >= 0.6 is 0 Å². The maximum atomic E-state index is 11.0. The van der Waals surface area contributed by atoms with Crippen molar-refractivity contribution in [2.75, 3.05) is 20.3 Å². The van der Waals surface area contributed by atoms with Crippen molar-refractivity contribution in [3.05, 3.63) is 29.7 Å². The van der Waals surface area contributed by atoms with Crippen LogP contribution in [0.2, 0.25) is 0 Å². The standard InChI is InChI=1S/C14H17N3O5/c1-20-4-5-21-8-6-9-10(16-7-8)2-3-17(12(15)14(18)19)13-11(9)22-13/h2-3,6-7,11-13H,4-5,15H2,1H3,(H,18,19)/t11?,12-,13?/m0/s1. The Bertz CT molecular complexity index is 606. The van der Waals surface area contributed by atoms with E-state index in [1.54, 1.807) is 25.6 Å². The van der Waals surface area contributed by atoms with Gasteiger partial charge < -0.3 is 30.0 Å². The SMILES string of the molecule is COCCOc1cnc2c(c1)C1OC1N([C@H](N)C(=O)O)C=C2. The number of pyridine rings is 1. The fraction of sp³-hybridized carbons (Fsp3) is 0.429. The maximum absolute atomic E-state index is 11.0. The predicted octanol–water partition coefficient (Wildman–Crippen LogP) is 0.160. The minimum atomic E-state index is -1.15. The van der Waals surface area contributed by atoms with Gasteiger partial charge in [-0.2, -0.15) is 0 Å². The van der Waals surface area contributed by atoms with Crippen LogP contribution < -0.4 is 10.5 Å². The molecule has 2 aliphatic heterocycles. The molecule has 3 N–H and O–H groups in total. The Morgan fingerprint density at radius 2 is 2.41 bits per heavy atom. The molecule has 1 aromatic rings. The molecule has 8 heteroatoms. The normalized spacial score (nSPS) is 23.3. The number of nitrogens with zero attached hydrogens (tertiary/aromatic N) is 2. The van der Waals surface area contributed by atoms with E-state index in [4.69, 9.17) is 25.1 Å². The zero-order chi connectivity index (χ0) is 15.7. The van der Waals surface area contributed by atoms with E-state index in [0.29, 0.717) is 24.7 Å². The van der Waals surface area contributed by atoms with Crippen LogP contribution in [0.1, 0.15) is 17.4 Å². The first-order chi connectivity index (χ1) is 10.6. The van der Waals surface area contributed by atoms with E-state index in [2.05, 4.69) is 4.98 Å². The number of fused-ring (bicyclic) bond motifs is 3. The highest BCUT2D eigenvalue weighted by atomic mass is 16.6. The van der Waals surface area contributed by atoms with E-state index in [9.17, 15) is 4.79 Å². The third-order valence-corrected chi connectivity index (χ3v) is 3.53. The van der Waals surface area contributed by atoms with Crippen LogP contribution in [0, 0.1) is 0 Å². The fourth-order valence-corrected chi connectivity index (χ4v) is 2.34. The predicted molar refractivity (Wildman–Crippen MR) is 75.7 cm³/mol. The summed E-state index contributed by atoms with van der Waals surface area (Å²) in [5.74, 6) is -0.490. The number of epoxide rings is 1. The second-order valence-corrected chi connectivity index (χ2v) is 4.98. The van der Waals surface area contributed by atoms with Gasteiger partial charge in [-0.3, -0.25) is 4.98 Å². The lowest BCUT2D eigenvalue weighted by Crippen LogP contribution is -2.46. The number of carboxylic acid groups (broad SMARTS) is 1. The summed E-state index contributed by atoms with van der Waals surface area (Å²) in [5.41, 5.74) is 7.23. The number of hydrogen-bond donors (Lipinski definition) is 2. The summed E-state index contributed by atoms with van der Waals surface area (Å²) in [6.07, 6.45) is 3.15. The third kappa shape index (κ3) is 2.76. The molecular weight excluding hydrogens is 290 g/mol. The number of carbonyl (C=O) groups is 1. The Balaban J connectivity index is 1.78. The van der Waals surface area contributed by atoms with Crippen molar-refractivity contribution in [2.45, 2.75) is 18.5 Å². The molecule has 0 amide bonds. The van der Waals surface area contributed by atoms with Crippen molar-refractivity contribution in [3.63, 3.8) is 0 Å². The second kappa shape index (κ2) is 5.91. The van der Waals surface area contributed by atoms with Crippen molar-refractivity contribution >= 4 is 12.0 Å². The maximum Gasteiger partial charge on any atom is 0.341 e. The molecule has 1 fully saturated rings. The Morgan fingerprint density at radius 1 is 1.59 bits per heavy atom. The van der Waals surface area contributed by atoms with E-state index in [1.165, 1.54) is 4.90 Å². The Labute approximate surface area is 127 Å². The topological polar surface area (TPSA) is 110 Å². The second-order valence-electron chi connectivity index (χ2n) is 4.98. The highest BCUT2D eigenvalue weighted by Crippen LogP contribution is 2.45. The average molecular weight is 307 g/mol. The van der Waals surface area contributed by atoms with Gasteiger partial charge in [0.25, 0.3) is 0 Å². The van der Waals surface area contributed by atoms with Gasteiger partial charge in [-0.15, -0.1) is 0 Å². The molecule has 3 rings (SSSR count). The zero-order valence-corrected chi connectivity index (χ0v) is 12.0. The van der Waals surface area contributed by atoms with Crippen molar-refractivity contribution < 1.29 is 24.1 Å². The van der Waals surface area contributed by atoms with Crippen LogP contribution in [0.3, 0.4) is 0 Å². The molecule has 1 saturated heterocycles. The highest BCUT2D eigenvalue weighted by Gasteiger charge is 2.49. The van der Waals surface area contributed by atoms with Crippen molar-refractivity contribution in [2.24, 2.45) is 5.73 Å². The van der Waals surface area contributed by atoms with Crippen LogP contribution in [0.4, 0.5) is 0 Å². The molecule has 0 saturated carbocycles. The lowest BCUT2D eigenvalue weighted by molar-refractivity contribution is -0.142. The Hall–Kier alpha value is -2.16. The summed E-state index contributed by atoms with van der Waals surface area (Å²) in [6.45, 7) is 0.915. The van der Waals surface area contributed by atoms with Crippen LogP contribution in [-0.4, -0.2) is 53.7 Å². The van der Waals surface area contributed by atoms with E-state index < -0.39 is 12.1 Å². The first-order valence-electron chi connectivity index (χ1n) is 6.83. The first kappa shape index (κ1) is 14.8. The number of methoxy groups -OCH3 is 1. The van der Waals surface area contributed by atoms with Crippen LogP contribution in [-0.2, 0) is 14.3 Å². The number of rotatable bonds is 6. The fourth-order valence-electron chi connectivity index (χ4n) is 2.34. The van der Waals surface area contributed by atoms with Gasteiger partial charge in [0.1, 0.15) is 18.5 Å². The molecule has 2 unspecified atom stereocenters. The molecule has 3 atom stereocenters. The van der Waals surface area contributed by atoms with Crippen molar-refractivity contribution in [3.8, 4) is 5.75 Å². The van der Waals surface area contributed by atoms with E-state index in [1.807, 2.05) is 6.07 Å². The number of carboxylic acids is 1. The van der Waals surface area contributed by atoms with Crippen molar-refractivity contribution in [1.82, 2.24) is 9.88 Å². The summed E-state index contributed by atoms with van der Waals surface area (Å²) in [5, 5.41) is 9.04. The Morgan fingerprint density at radius 3 is 3.14 bits per heavy atom. The highest BCUT2D eigenvalue weighted by molar-refractivity contribution is 5.73. The van der Waals surface area contributed by atoms with E-state index in [0.717, 1.165) is 5.56 Å². The van der Waals surface area contributed by atoms with Gasteiger partial charge in [-0.1, -0.05) is 0 Å². The minimum Gasteiger partial charge on any atom is -0.490 e. The molecule has 22 heavy (non-hydrogen) atoms. The zero-order valence-electron chi connectivity index (χ0n) is 12.0. The number of nitrogens with two attached hydrogens (primary N) is 1. The molecule has 3 heterocycles. The van der Waals surface area contributed by atoms with Gasteiger partial charge in [0.2, 0.25) is 0 Å². The molecule has 1 aromatic heterocycles. The number of ether oxygens (including phenoxy) is 3. The van der Waals surface area contributed by atoms with Gasteiger partial charge in [0.05, 0.1) is 18.5 Å². The summed E-state index contributed by atoms with van der Waals surface area (Å²) < 4.78 is 16.0. The first-order valence-corrected chi connectivity index (χ1v) is 6.83. The molecule has 0 aromatic carbocycles. The van der Waals surface area contributed by atoms with Gasteiger partial charge in [-0.25, -0.2) is 4.79 Å². The monoisotopic (exact) mass is 307 g/mol. The number of hydrogen-bond acceptors (Lipinski definition) is 7. The average Bonchev–Trinajstić information content (AvgIpc) is 3.28. The molecule has 0 radical (unpaired) electrons. The third-order valence-electron chi connectivity index (χ3n) is 3.53. The number of aromatic nitrogens is 1. The van der Waals surface area contributed by atoms with Gasteiger partial charge in [0.15, 0.2) is 12.4 Å². The van der Waals surface area contributed by atoms with Crippen LogP contribution in [0.25, 0.3) is 6.08 Å². The van der Waals surface area contributed by atoms with Gasteiger partial charge >= 0.3 is 5.97 Å². The number of aliphatic carboxylic acids is 1. The smallest absolute Gasteiger partial charge is 0.341 e. The largest absolute Gasteiger partial charge is 0.490 e. The van der Waals surface area contributed by atoms with E-state index >= 15 is 0 Å². The summed E-state index contributed by atoms with van der Waals surface area (Å²) >= 11 is 0. The van der Waals surface area contributed by atoms with Gasteiger partial charge in [-0.05, 0) is 12.1 Å². The molecule has 8 nitrogen and oxygen atoms in total. The molecule has 0 aliphatic carbocycles. The van der Waals surface area contributed by atoms with Crippen molar-refractivity contribution in [1.29, 1.82) is 0 Å². The lowest BCUT2D eigenvalue weighted by atomic mass is 10.1. The molecule has 2 aliphatic rings. The van der Waals surface area contributed by atoms with Gasteiger partial charge in [0, 0.05) is 18.9 Å². The minimum absolute atomic E-state index is 0.256. The van der Waals surface area contributed by atoms with E-state index in [-0.39, 0.29) is 12.3 Å². The molecule has 0 spiro atoms. The Kier molecular flexibility index (Phi) is 3.97. The summed E-state index contributed by atoms with van der Waals surface area (Å²) in [7, 11) is 1.60. The van der Waals surface area contributed by atoms with Crippen LogP contribution in [0.5, 0.6) is 5.75 Å². The summed E-state index contributed by atoms with van der Waals surface area (Å²) in [4.78, 5) is 16.8. The summed E-state index contributed by atoms with van der Waals surface area (Å²) in [6, 6.07) is 1.85. The molecule has 118 valence electrons. The molecule has 0 bridgehead atoms. The molecular formula is C14H17N3O5. The van der Waals surface area contributed by atoms with Crippen LogP contribution in [0.15, 0.2) is 18.5 Å². The lowest BCUT2D eigenvalue weighted by Gasteiger charge is -2.21.